The first kappa shape index (κ1) is 28.2. The number of anilines is 1. The highest BCUT2D eigenvalue weighted by molar-refractivity contribution is 7.90. The smallest absolute Gasteiger partial charge is 0.338 e. The lowest BCUT2D eigenvalue weighted by atomic mass is 10.2. The van der Waals surface area contributed by atoms with Crippen LogP contribution in [-0.2, 0) is 29.0 Å². The Hall–Kier alpha value is -2.99. The van der Waals surface area contributed by atoms with E-state index in [9.17, 15) is 18.0 Å². The van der Waals surface area contributed by atoms with E-state index >= 15 is 0 Å². The average molecular weight is 508 g/mol. The summed E-state index contributed by atoms with van der Waals surface area (Å²) in [6.45, 7) is 8.29. The Kier molecular flexibility index (Phi) is 12.2. The number of sulfonamides is 1. The number of ether oxygens (including phenoxy) is 4. The summed E-state index contributed by atoms with van der Waals surface area (Å²) in [6.07, 6.45) is 0.533. The Morgan fingerprint density at radius 2 is 1.43 bits per heavy atom. The highest BCUT2D eigenvalue weighted by Gasteiger charge is 2.17. The molecule has 0 unspecified atom stereocenters. The van der Waals surface area contributed by atoms with Gasteiger partial charge in [0.25, 0.3) is 10.0 Å². The second kappa shape index (κ2) is 15.1. The molecule has 11 heteroatoms. The van der Waals surface area contributed by atoms with Crippen LogP contribution >= 0.6 is 0 Å². The lowest BCUT2D eigenvalue weighted by Crippen LogP contribution is -2.34. The Morgan fingerprint density at radius 3 is 2.06 bits per heavy atom. The Bertz CT molecular complexity index is 1020. The topological polar surface area (TPSA) is 129 Å². The highest BCUT2D eigenvalue weighted by atomic mass is 32.2. The van der Waals surface area contributed by atoms with Crippen LogP contribution in [0, 0.1) is 13.8 Å². The highest BCUT2D eigenvalue weighted by Crippen LogP contribution is 2.13. The van der Waals surface area contributed by atoms with Gasteiger partial charge in [0.05, 0.1) is 43.5 Å². The molecule has 0 heterocycles. The minimum atomic E-state index is -4.00. The van der Waals surface area contributed by atoms with Crippen LogP contribution in [0.25, 0.3) is 0 Å². The molecule has 0 saturated carbocycles. The summed E-state index contributed by atoms with van der Waals surface area (Å²) in [4.78, 5) is 24.2. The van der Waals surface area contributed by atoms with E-state index in [0.717, 1.165) is 5.56 Å². The van der Waals surface area contributed by atoms with Crippen LogP contribution < -0.4 is 10.0 Å². The van der Waals surface area contributed by atoms with Gasteiger partial charge in [0.1, 0.15) is 0 Å². The van der Waals surface area contributed by atoms with Crippen LogP contribution in [0.5, 0.6) is 0 Å². The fraction of sp³-hybridized carbons (Fsp3) is 0.375. The largest absolute Gasteiger partial charge is 0.462 e. The van der Waals surface area contributed by atoms with Gasteiger partial charge in [-0.25, -0.2) is 22.7 Å². The van der Waals surface area contributed by atoms with E-state index < -0.39 is 22.0 Å². The van der Waals surface area contributed by atoms with E-state index in [4.69, 9.17) is 18.9 Å². The van der Waals surface area contributed by atoms with Crippen LogP contribution in [0.4, 0.5) is 10.5 Å². The normalized spacial score (nSPS) is 11.1. The van der Waals surface area contributed by atoms with Gasteiger partial charge in [-0.15, -0.1) is 0 Å². The van der Waals surface area contributed by atoms with Crippen molar-refractivity contribution in [3.05, 3.63) is 66.6 Å². The van der Waals surface area contributed by atoms with Gasteiger partial charge in [0.15, 0.2) is 0 Å². The van der Waals surface area contributed by atoms with Crippen molar-refractivity contribution in [1.29, 1.82) is 0 Å². The lowest BCUT2D eigenvalue weighted by molar-refractivity contribution is 0.0139. The molecule has 0 bridgehead atoms. The van der Waals surface area contributed by atoms with Gasteiger partial charge < -0.3 is 24.3 Å². The number of carbonyl (C=O) groups is 2. The molecule has 0 aliphatic rings. The van der Waals surface area contributed by atoms with Gasteiger partial charge in [0.2, 0.25) is 0 Å². The van der Waals surface area contributed by atoms with Crippen molar-refractivity contribution < 1.29 is 37.0 Å². The first-order valence-electron chi connectivity index (χ1n) is 11.0. The molecule has 2 aromatic carbocycles. The van der Waals surface area contributed by atoms with Gasteiger partial charge in [-0.3, -0.25) is 0 Å². The van der Waals surface area contributed by atoms with E-state index in [1.165, 1.54) is 36.4 Å². The monoisotopic (exact) mass is 507 g/mol. The van der Waals surface area contributed by atoms with Crippen LogP contribution in [-0.4, -0.2) is 66.7 Å². The van der Waals surface area contributed by atoms with Crippen molar-refractivity contribution >= 4 is 27.7 Å². The van der Waals surface area contributed by atoms with E-state index in [-0.39, 0.29) is 11.5 Å². The first-order chi connectivity index (χ1) is 16.8. The minimum Gasteiger partial charge on any atom is -0.462 e. The van der Waals surface area contributed by atoms with Crippen molar-refractivity contribution in [2.75, 3.05) is 51.6 Å². The summed E-state index contributed by atoms with van der Waals surface area (Å²) in [5, 5.41) is 2.42. The molecular weight excluding hydrogens is 476 g/mol. The number of amides is 2. The first-order valence-corrected chi connectivity index (χ1v) is 12.5. The van der Waals surface area contributed by atoms with Crippen molar-refractivity contribution in [2.24, 2.45) is 0 Å². The molecule has 10 nitrogen and oxygen atoms in total. The summed E-state index contributed by atoms with van der Waals surface area (Å²) in [5.41, 5.74) is 1.50. The van der Waals surface area contributed by atoms with Crippen LogP contribution in [0.1, 0.15) is 22.3 Å². The SMILES string of the molecule is [CH2]COCCOCCOCCCOC(=O)c1ccc(NC(=O)NS(=O)(=O)c2ccc(C)cc2)cc1. The van der Waals surface area contributed by atoms with E-state index in [1.807, 2.05) is 11.6 Å². The van der Waals surface area contributed by atoms with Gasteiger partial charge in [-0.1, -0.05) is 17.7 Å². The number of rotatable bonds is 15. The third-order valence-corrected chi connectivity index (χ3v) is 5.84. The molecular formula is C24H31N2O8S. The maximum absolute atomic E-state index is 12.3. The lowest BCUT2D eigenvalue weighted by Gasteiger charge is -2.10. The third-order valence-electron chi connectivity index (χ3n) is 4.49. The van der Waals surface area contributed by atoms with Crippen LogP contribution in [0.2, 0.25) is 0 Å². The minimum absolute atomic E-state index is 0.0226. The Balaban J connectivity index is 1.66. The van der Waals surface area contributed by atoms with Gasteiger partial charge in [-0.05, 0) is 50.2 Å². The zero-order valence-corrected chi connectivity index (χ0v) is 20.5. The number of aryl methyl sites for hydroxylation is 1. The second-order valence-electron chi connectivity index (χ2n) is 7.28. The predicted molar refractivity (Wildman–Crippen MR) is 130 cm³/mol. The summed E-state index contributed by atoms with van der Waals surface area (Å²) < 4.78 is 47.4. The quantitative estimate of drug-likeness (QED) is 0.278. The van der Waals surface area contributed by atoms with Gasteiger partial charge in [-0.2, -0.15) is 0 Å². The van der Waals surface area contributed by atoms with Crippen molar-refractivity contribution in [1.82, 2.24) is 4.72 Å². The fourth-order valence-electron chi connectivity index (χ4n) is 2.70. The number of nitrogens with one attached hydrogen (secondary N) is 2. The number of esters is 1. The Morgan fingerprint density at radius 1 is 0.829 bits per heavy atom. The van der Waals surface area contributed by atoms with Gasteiger partial charge >= 0.3 is 12.0 Å². The number of hydrogen-bond donors (Lipinski definition) is 2. The molecule has 0 atom stereocenters. The molecule has 0 fully saturated rings. The van der Waals surface area contributed by atoms with Crippen LogP contribution in [0.15, 0.2) is 53.4 Å². The average Bonchev–Trinajstić information content (AvgIpc) is 2.82. The second-order valence-corrected chi connectivity index (χ2v) is 8.96. The summed E-state index contributed by atoms with van der Waals surface area (Å²) in [6, 6.07) is 11.1. The molecule has 0 aliphatic carbocycles. The zero-order chi connectivity index (χ0) is 25.5. The molecule has 191 valence electrons. The van der Waals surface area contributed by atoms with Crippen LogP contribution in [0.3, 0.4) is 0 Å². The van der Waals surface area contributed by atoms with E-state index in [1.54, 1.807) is 12.1 Å². The molecule has 0 saturated heterocycles. The number of carbonyl (C=O) groups excluding carboxylic acids is 2. The molecule has 2 N–H and O–H groups in total. The summed E-state index contributed by atoms with van der Waals surface area (Å²) >= 11 is 0. The van der Waals surface area contributed by atoms with E-state index in [2.05, 4.69) is 12.2 Å². The molecule has 35 heavy (non-hydrogen) atoms. The molecule has 2 amide bonds. The maximum Gasteiger partial charge on any atom is 0.338 e. The summed E-state index contributed by atoms with van der Waals surface area (Å²) in [5.74, 6) is -0.517. The Labute approximate surface area is 206 Å². The number of benzene rings is 2. The third kappa shape index (κ3) is 10.9. The van der Waals surface area contributed by atoms with Crippen molar-refractivity contribution in [3.63, 3.8) is 0 Å². The molecule has 0 spiro atoms. The van der Waals surface area contributed by atoms with E-state index in [0.29, 0.717) is 57.3 Å². The number of hydrogen-bond acceptors (Lipinski definition) is 8. The molecule has 0 aromatic heterocycles. The predicted octanol–water partition coefficient (Wildman–Crippen LogP) is 2.94. The number of urea groups is 1. The maximum atomic E-state index is 12.3. The fourth-order valence-corrected chi connectivity index (χ4v) is 3.60. The molecule has 2 rings (SSSR count). The van der Waals surface area contributed by atoms with Gasteiger partial charge in [0, 0.05) is 25.3 Å². The standard InChI is InChI=1S/C24H31N2O8S/c1-3-31-15-16-33-18-17-32-13-4-14-34-23(27)20-7-9-21(10-8-20)25-24(28)26-35(29,30)22-11-5-19(2)6-12-22/h5-12H,1,3-4,13-18H2,2H3,(H2,25,26,28). The van der Waals surface area contributed by atoms with Crippen molar-refractivity contribution in [3.8, 4) is 0 Å². The molecule has 2 aromatic rings. The zero-order valence-electron chi connectivity index (χ0n) is 19.7. The molecule has 0 aliphatic heterocycles. The molecule has 1 radical (unpaired) electrons. The summed E-state index contributed by atoms with van der Waals surface area (Å²) in [7, 11) is -4.00. The van der Waals surface area contributed by atoms with Crippen molar-refractivity contribution in [2.45, 2.75) is 18.2 Å².